The molecule has 2 aliphatic rings. The number of rotatable bonds is 7. The number of hydrogen-bond acceptors (Lipinski definition) is 5. The number of furan rings is 1. The molecule has 8 heteroatoms. The number of benzene rings is 2. The SMILES string of the molecule is O=C(NCC(c1ccco1)N1CCCCC1)c1cccc(S(=O)(=O)N2CCc3ccccc32)c1. The second-order valence-corrected chi connectivity index (χ2v) is 10.7. The number of para-hydroxylation sites is 1. The normalized spacial score (nSPS) is 17.4. The summed E-state index contributed by atoms with van der Waals surface area (Å²) in [5, 5.41) is 3.00. The highest BCUT2D eigenvalue weighted by Crippen LogP contribution is 2.33. The van der Waals surface area contributed by atoms with Gasteiger partial charge >= 0.3 is 0 Å². The van der Waals surface area contributed by atoms with Crippen LogP contribution in [0.4, 0.5) is 5.69 Å². The minimum Gasteiger partial charge on any atom is -0.468 e. The topological polar surface area (TPSA) is 82.9 Å². The first-order valence-electron chi connectivity index (χ1n) is 11.8. The summed E-state index contributed by atoms with van der Waals surface area (Å²) in [6.45, 7) is 2.72. The summed E-state index contributed by atoms with van der Waals surface area (Å²) in [7, 11) is -3.76. The summed E-state index contributed by atoms with van der Waals surface area (Å²) in [5.74, 6) is 0.527. The molecule has 2 aromatic carbocycles. The number of anilines is 1. The zero-order chi connectivity index (χ0) is 23.5. The van der Waals surface area contributed by atoms with Gasteiger partial charge in [0.25, 0.3) is 15.9 Å². The van der Waals surface area contributed by atoms with Gasteiger partial charge in [0.2, 0.25) is 0 Å². The summed E-state index contributed by atoms with van der Waals surface area (Å²) in [5.41, 5.74) is 2.05. The number of sulfonamides is 1. The van der Waals surface area contributed by atoms with E-state index in [1.165, 1.54) is 16.8 Å². The van der Waals surface area contributed by atoms with Crippen LogP contribution in [0.1, 0.15) is 47.0 Å². The van der Waals surface area contributed by atoms with Crippen LogP contribution in [0.5, 0.6) is 0 Å². The Morgan fingerprint density at radius 3 is 2.59 bits per heavy atom. The number of fused-ring (bicyclic) bond motifs is 1. The number of carbonyl (C=O) groups excluding carboxylic acids is 1. The predicted molar refractivity (Wildman–Crippen MR) is 130 cm³/mol. The molecule has 0 bridgehead atoms. The van der Waals surface area contributed by atoms with Gasteiger partial charge in [-0.05, 0) is 74.3 Å². The van der Waals surface area contributed by atoms with Gasteiger partial charge in [0.15, 0.2) is 0 Å². The van der Waals surface area contributed by atoms with Crippen molar-refractivity contribution in [3.8, 4) is 0 Å². The Labute approximate surface area is 200 Å². The molecule has 0 saturated carbocycles. The molecule has 178 valence electrons. The van der Waals surface area contributed by atoms with Crippen molar-refractivity contribution < 1.29 is 17.6 Å². The van der Waals surface area contributed by atoms with E-state index in [2.05, 4.69) is 10.2 Å². The number of likely N-dealkylation sites (tertiary alicyclic amines) is 1. The van der Waals surface area contributed by atoms with Crippen molar-refractivity contribution in [3.63, 3.8) is 0 Å². The Morgan fingerprint density at radius 1 is 0.971 bits per heavy atom. The maximum Gasteiger partial charge on any atom is 0.264 e. The summed E-state index contributed by atoms with van der Waals surface area (Å²) >= 11 is 0. The second-order valence-electron chi connectivity index (χ2n) is 8.82. The fourth-order valence-corrected chi connectivity index (χ4v) is 6.44. The molecule has 7 nitrogen and oxygen atoms in total. The molecule has 0 spiro atoms. The van der Waals surface area contributed by atoms with E-state index in [1.807, 2.05) is 36.4 Å². The van der Waals surface area contributed by atoms with Crippen molar-refractivity contribution in [2.75, 3.05) is 30.5 Å². The molecule has 0 radical (unpaired) electrons. The first-order valence-corrected chi connectivity index (χ1v) is 13.2. The minimum absolute atomic E-state index is 0.0488. The summed E-state index contributed by atoms with van der Waals surface area (Å²) in [4.78, 5) is 15.5. The molecule has 5 rings (SSSR count). The molecule has 0 aliphatic carbocycles. The fourth-order valence-electron chi connectivity index (χ4n) is 4.89. The molecule has 1 atom stereocenters. The average Bonchev–Trinajstić information content (AvgIpc) is 3.56. The van der Waals surface area contributed by atoms with E-state index < -0.39 is 10.0 Å². The average molecular weight is 480 g/mol. The molecular formula is C26H29N3O4S. The Bertz CT molecular complexity index is 1250. The maximum atomic E-state index is 13.4. The Morgan fingerprint density at radius 2 is 1.79 bits per heavy atom. The number of hydrogen-bond donors (Lipinski definition) is 1. The lowest BCUT2D eigenvalue weighted by Crippen LogP contribution is -2.40. The van der Waals surface area contributed by atoms with Gasteiger partial charge < -0.3 is 9.73 Å². The van der Waals surface area contributed by atoms with E-state index in [0.29, 0.717) is 30.8 Å². The number of piperidine rings is 1. The smallest absolute Gasteiger partial charge is 0.264 e. The third kappa shape index (κ3) is 4.48. The van der Waals surface area contributed by atoms with E-state index in [-0.39, 0.29) is 16.8 Å². The number of nitrogens with one attached hydrogen (secondary N) is 1. The molecule has 1 saturated heterocycles. The van der Waals surface area contributed by atoms with Crippen LogP contribution in [0.2, 0.25) is 0 Å². The standard InChI is InChI=1S/C26H29N3O4S/c30-26(27-19-24(25-12-7-17-33-25)28-14-4-1-5-15-28)21-9-6-10-22(18-21)34(31,32)29-16-13-20-8-2-3-11-23(20)29/h2-3,6-12,17-18,24H,1,4-5,13-16,19H2,(H,27,30). The van der Waals surface area contributed by atoms with Crippen LogP contribution in [-0.4, -0.2) is 45.4 Å². The molecule has 1 unspecified atom stereocenters. The number of carbonyl (C=O) groups is 1. The van der Waals surface area contributed by atoms with Crippen LogP contribution >= 0.6 is 0 Å². The Hall–Kier alpha value is -3.10. The summed E-state index contributed by atoms with van der Waals surface area (Å²) < 4.78 is 33.8. The number of nitrogens with zero attached hydrogens (tertiary/aromatic N) is 2. The quantitative estimate of drug-likeness (QED) is 0.554. The van der Waals surface area contributed by atoms with E-state index in [0.717, 1.165) is 37.3 Å². The largest absolute Gasteiger partial charge is 0.468 e. The van der Waals surface area contributed by atoms with Crippen molar-refractivity contribution in [1.29, 1.82) is 0 Å². The minimum atomic E-state index is -3.76. The molecule has 3 aromatic rings. The molecule has 1 amide bonds. The summed E-state index contributed by atoms with van der Waals surface area (Å²) in [6, 6.07) is 17.6. The van der Waals surface area contributed by atoms with Gasteiger partial charge in [-0.15, -0.1) is 0 Å². The second kappa shape index (κ2) is 9.64. The maximum absolute atomic E-state index is 13.4. The highest BCUT2D eigenvalue weighted by atomic mass is 32.2. The molecular weight excluding hydrogens is 450 g/mol. The van der Waals surface area contributed by atoms with Crippen molar-refractivity contribution in [2.24, 2.45) is 0 Å². The van der Waals surface area contributed by atoms with Gasteiger partial charge in [-0.3, -0.25) is 14.0 Å². The predicted octanol–water partition coefficient (Wildman–Crippen LogP) is 3.99. The van der Waals surface area contributed by atoms with Crippen LogP contribution in [0.15, 0.2) is 76.2 Å². The highest BCUT2D eigenvalue weighted by molar-refractivity contribution is 7.92. The van der Waals surface area contributed by atoms with Crippen LogP contribution in [0, 0.1) is 0 Å². The van der Waals surface area contributed by atoms with E-state index >= 15 is 0 Å². The van der Waals surface area contributed by atoms with Crippen LogP contribution in [0.3, 0.4) is 0 Å². The zero-order valence-electron chi connectivity index (χ0n) is 19.0. The fraction of sp³-hybridized carbons (Fsp3) is 0.346. The van der Waals surface area contributed by atoms with Crippen molar-refractivity contribution in [2.45, 2.75) is 36.6 Å². The van der Waals surface area contributed by atoms with Gasteiger partial charge in [-0.25, -0.2) is 8.42 Å². The first-order chi connectivity index (χ1) is 16.5. The lowest BCUT2D eigenvalue weighted by atomic mass is 10.1. The molecule has 1 aromatic heterocycles. The van der Waals surface area contributed by atoms with Crippen LogP contribution < -0.4 is 9.62 Å². The zero-order valence-corrected chi connectivity index (χ0v) is 19.8. The van der Waals surface area contributed by atoms with E-state index in [9.17, 15) is 13.2 Å². The van der Waals surface area contributed by atoms with Crippen molar-refractivity contribution in [3.05, 3.63) is 83.8 Å². The van der Waals surface area contributed by atoms with Gasteiger partial charge in [-0.2, -0.15) is 0 Å². The van der Waals surface area contributed by atoms with Crippen molar-refractivity contribution in [1.82, 2.24) is 10.2 Å². The van der Waals surface area contributed by atoms with Crippen molar-refractivity contribution >= 4 is 21.6 Å². The van der Waals surface area contributed by atoms with E-state index in [1.54, 1.807) is 24.5 Å². The van der Waals surface area contributed by atoms with E-state index in [4.69, 9.17) is 4.42 Å². The molecule has 2 aliphatic heterocycles. The first kappa shape index (κ1) is 22.7. The van der Waals surface area contributed by atoms with Gasteiger partial charge in [-0.1, -0.05) is 30.7 Å². The molecule has 1 fully saturated rings. The molecule has 34 heavy (non-hydrogen) atoms. The molecule has 3 heterocycles. The lowest BCUT2D eigenvalue weighted by Gasteiger charge is -2.33. The van der Waals surface area contributed by atoms with Gasteiger partial charge in [0.05, 0.1) is 22.9 Å². The van der Waals surface area contributed by atoms with Crippen LogP contribution in [-0.2, 0) is 16.4 Å². The molecule has 1 N–H and O–H groups in total. The Kier molecular flexibility index (Phi) is 6.43. The number of amides is 1. The third-order valence-electron chi connectivity index (χ3n) is 6.69. The van der Waals surface area contributed by atoms with Gasteiger partial charge in [0, 0.05) is 18.7 Å². The monoisotopic (exact) mass is 479 g/mol. The Balaban J connectivity index is 1.32. The lowest BCUT2D eigenvalue weighted by molar-refractivity contribution is 0.0914. The van der Waals surface area contributed by atoms with Crippen LogP contribution in [0.25, 0.3) is 0 Å². The van der Waals surface area contributed by atoms with Gasteiger partial charge in [0.1, 0.15) is 5.76 Å². The summed E-state index contributed by atoms with van der Waals surface area (Å²) in [6.07, 6.45) is 5.81. The highest BCUT2D eigenvalue weighted by Gasteiger charge is 2.31. The third-order valence-corrected chi connectivity index (χ3v) is 8.50.